The molecule has 2 atom stereocenters. The van der Waals surface area contributed by atoms with Gasteiger partial charge in [-0.3, -0.25) is 4.79 Å². The van der Waals surface area contributed by atoms with Crippen LogP contribution in [0.5, 0.6) is 5.88 Å². The molecule has 1 unspecified atom stereocenters. The van der Waals surface area contributed by atoms with Gasteiger partial charge in [-0.05, 0) is 51.8 Å². The number of carbonyl (C=O) groups excluding carboxylic acids is 2. The van der Waals surface area contributed by atoms with E-state index in [1.807, 2.05) is 20.8 Å². The van der Waals surface area contributed by atoms with Crippen molar-refractivity contribution in [3.8, 4) is 11.6 Å². The molecule has 9 nitrogen and oxygen atoms in total. The third-order valence-corrected chi connectivity index (χ3v) is 6.33. The van der Waals surface area contributed by atoms with Gasteiger partial charge < -0.3 is 14.4 Å². The number of fused-ring (bicyclic) bond motifs is 1. The van der Waals surface area contributed by atoms with Crippen LogP contribution in [0.15, 0.2) is 42.9 Å². The molecule has 2 aliphatic rings. The van der Waals surface area contributed by atoms with Crippen molar-refractivity contribution in [2.75, 3.05) is 6.54 Å². The Hall–Kier alpha value is -3.82. The number of hydrogen-bond acceptors (Lipinski definition) is 7. The van der Waals surface area contributed by atoms with Crippen LogP contribution in [-0.2, 0) is 10.3 Å². The predicted molar refractivity (Wildman–Crippen MR) is 118 cm³/mol. The minimum Gasteiger partial charge on any atom is -0.472 e. The molecule has 1 fully saturated rings. The predicted octanol–water partition coefficient (Wildman–Crippen LogP) is 3.28. The van der Waals surface area contributed by atoms with Crippen LogP contribution in [0.25, 0.3) is 5.69 Å². The van der Waals surface area contributed by atoms with Gasteiger partial charge in [0.15, 0.2) is 0 Å². The van der Waals surface area contributed by atoms with E-state index in [0.29, 0.717) is 24.0 Å². The third-order valence-electron chi connectivity index (χ3n) is 6.33. The van der Waals surface area contributed by atoms with E-state index < -0.39 is 29.4 Å². The van der Waals surface area contributed by atoms with Gasteiger partial charge in [0.25, 0.3) is 5.91 Å². The molecule has 5 rings (SSSR count). The molecule has 0 aliphatic carbocycles. The van der Waals surface area contributed by atoms with Gasteiger partial charge >= 0.3 is 5.97 Å². The van der Waals surface area contributed by atoms with E-state index in [4.69, 9.17) is 9.47 Å². The van der Waals surface area contributed by atoms with Crippen molar-refractivity contribution in [3.63, 3.8) is 0 Å². The van der Waals surface area contributed by atoms with E-state index in [1.165, 1.54) is 29.3 Å². The monoisotopic (exact) mass is 465 g/mol. The molecule has 2 aliphatic heterocycles. The summed E-state index contributed by atoms with van der Waals surface area (Å²) in [6, 6.07) is 5.97. The van der Waals surface area contributed by atoms with E-state index in [0.717, 1.165) is 0 Å². The Labute approximate surface area is 195 Å². The summed E-state index contributed by atoms with van der Waals surface area (Å²) in [5.41, 5.74) is 0.415. The first kappa shape index (κ1) is 22.0. The molecular weight excluding hydrogens is 441 g/mol. The molecule has 0 saturated carbocycles. The van der Waals surface area contributed by atoms with E-state index in [9.17, 15) is 14.0 Å². The van der Waals surface area contributed by atoms with Gasteiger partial charge in [0, 0.05) is 17.8 Å². The molecule has 0 N–H and O–H groups in total. The maximum Gasteiger partial charge on any atom is 0.344 e. The minimum absolute atomic E-state index is 0.102. The Bertz CT molecular complexity index is 1260. The molecule has 0 radical (unpaired) electrons. The van der Waals surface area contributed by atoms with Crippen molar-refractivity contribution in [1.82, 2.24) is 24.9 Å². The number of benzene rings is 1. The highest BCUT2D eigenvalue weighted by molar-refractivity contribution is 5.98. The summed E-state index contributed by atoms with van der Waals surface area (Å²) in [6.45, 7) is 5.75. The molecule has 10 heteroatoms. The number of amides is 1. The number of esters is 1. The fraction of sp³-hybridized carbons (Fsp3) is 0.375. The number of cyclic esters (lactones) is 1. The molecule has 2 aromatic heterocycles. The van der Waals surface area contributed by atoms with Crippen LogP contribution < -0.4 is 4.74 Å². The van der Waals surface area contributed by atoms with Crippen LogP contribution in [0.4, 0.5) is 4.39 Å². The summed E-state index contributed by atoms with van der Waals surface area (Å²) in [5, 5.41) is 8.10. The lowest BCUT2D eigenvalue weighted by molar-refractivity contribution is 0.00904. The summed E-state index contributed by atoms with van der Waals surface area (Å²) in [5.74, 6) is -1.42. The number of hydrogen-bond donors (Lipinski definition) is 0. The Morgan fingerprint density at radius 3 is 2.71 bits per heavy atom. The van der Waals surface area contributed by atoms with E-state index in [-0.39, 0.29) is 29.7 Å². The maximum absolute atomic E-state index is 14.9. The molecular formula is C24H24FN5O4. The highest BCUT2D eigenvalue weighted by Crippen LogP contribution is 2.39. The summed E-state index contributed by atoms with van der Waals surface area (Å²) in [4.78, 5) is 33.1. The molecule has 4 heterocycles. The van der Waals surface area contributed by atoms with Crippen molar-refractivity contribution >= 4 is 11.9 Å². The fourth-order valence-electron chi connectivity index (χ4n) is 4.55. The van der Waals surface area contributed by atoms with Gasteiger partial charge in [-0.25, -0.2) is 14.2 Å². The van der Waals surface area contributed by atoms with Crippen molar-refractivity contribution in [2.24, 2.45) is 0 Å². The first-order valence-corrected chi connectivity index (χ1v) is 11.1. The normalized spacial score (nSPS) is 21.2. The number of nitrogens with zero attached hydrogens (tertiary/aromatic N) is 5. The summed E-state index contributed by atoms with van der Waals surface area (Å²) in [6.07, 6.45) is 5.38. The second-order valence-electron chi connectivity index (χ2n) is 9.01. The number of likely N-dealkylation sites (tertiary alicyclic amines) is 1. The average Bonchev–Trinajstić information content (AvgIpc) is 3.41. The third kappa shape index (κ3) is 3.68. The Kier molecular flexibility index (Phi) is 5.30. The van der Waals surface area contributed by atoms with Crippen molar-refractivity contribution in [1.29, 1.82) is 0 Å². The molecule has 0 bridgehead atoms. The molecule has 1 amide bonds. The SMILES string of the molecule is C[C@@H]1CCC(Oc2nccc3c2C(=O)OC3(C)C)CN1C(=O)c1c(F)cccc1-n1nccn1. The zero-order valence-corrected chi connectivity index (χ0v) is 19.1. The maximum atomic E-state index is 14.9. The minimum atomic E-state index is -0.766. The Morgan fingerprint density at radius 1 is 1.18 bits per heavy atom. The fourth-order valence-corrected chi connectivity index (χ4v) is 4.55. The number of pyridine rings is 1. The zero-order chi connectivity index (χ0) is 24.0. The Morgan fingerprint density at radius 2 is 1.94 bits per heavy atom. The Balaban J connectivity index is 1.42. The molecule has 0 spiro atoms. The topological polar surface area (TPSA) is 99.4 Å². The van der Waals surface area contributed by atoms with Crippen molar-refractivity contribution in [2.45, 2.75) is 51.4 Å². The lowest BCUT2D eigenvalue weighted by Gasteiger charge is -2.38. The number of ether oxygens (including phenoxy) is 2. The largest absolute Gasteiger partial charge is 0.472 e. The van der Waals surface area contributed by atoms with Gasteiger partial charge in [0.2, 0.25) is 5.88 Å². The van der Waals surface area contributed by atoms with Crippen LogP contribution in [0.2, 0.25) is 0 Å². The highest BCUT2D eigenvalue weighted by Gasteiger charge is 2.42. The quantitative estimate of drug-likeness (QED) is 0.545. The first-order chi connectivity index (χ1) is 16.3. The number of rotatable bonds is 4. The smallest absolute Gasteiger partial charge is 0.344 e. The number of aromatic nitrogens is 4. The molecule has 1 aromatic carbocycles. The number of halogens is 1. The van der Waals surface area contributed by atoms with Gasteiger partial charge in [0.1, 0.15) is 34.3 Å². The average molecular weight is 465 g/mol. The summed E-state index contributed by atoms with van der Waals surface area (Å²) in [7, 11) is 0. The second kappa shape index (κ2) is 8.19. The van der Waals surface area contributed by atoms with Gasteiger partial charge in [-0.2, -0.15) is 15.0 Å². The van der Waals surface area contributed by atoms with Crippen LogP contribution >= 0.6 is 0 Å². The van der Waals surface area contributed by atoms with Crippen LogP contribution in [0.3, 0.4) is 0 Å². The van der Waals surface area contributed by atoms with Crippen molar-refractivity contribution < 1.29 is 23.5 Å². The molecule has 3 aromatic rings. The van der Waals surface area contributed by atoms with E-state index in [2.05, 4.69) is 15.2 Å². The zero-order valence-electron chi connectivity index (χ0n) is 19.1. The summed E-state index contributed by atoms with van der Waals surface area (Å²) < 4.78 is 26.5. The van der Waals surface area contributed by atoms with Crippen molar-refractivity contribution in [3.05, 3.63) is 65.4 Å². The summed E-state index contributed by atoms with van der Waals surface area (Å²) >= 11 is 0. The molecule has 34 heavy (non-hydrogen) atoms. The van der Waals surface area contributed by atoms with E-state index in [1.54, 1.807) is 23.2 Å². The van der Waals surface area contributed by atoms with Gasteiger partial charge in [0.05, 0.1) is 18.9 Å². The lowest BCUT2D eigenvalue weighted by atomic mass is 9.97. The number of carbonyl (C=O) groups is 2. The lowest BCUT2D eigenvalue weighted by Crippen LogP contribution is -2.49. The van der Waals surface area contributed by atoms with E-state index >= 15 is 0 Å². The van der Waals surface area contributed by atoms with Gasteiger partial charge in [-0.15, -0.1) is 0 Å². The van der Waals surface area contributed by atoms with Crippen LogP contribution in [0, 0.1) is 5.82 Å². The van der Waals surface area contributed by atoms with Crippen LogP contribution in [0.1, 0.15) is 59.9 Å². The highest BCUT2D eigenvalue weighted by atomic mass is 19.1. The molecule has 176 valence electrons. The molecule has 1 saturated heterocycles. The second-order valence-corrected chi connectivity index (χ2v) is 9.01. The first-order valence-electron chi connectivity index (χ1n) is 11.1. The van der Waals surface area contributed by atoms with Crippen LogP contribution in [-0.4, -0.2) is 55.4 Å². The standard InChI is InChI=1S/C24H24FN5O4/c1-14-7-8-15(33-21-19-16(9-10-26-21)24(2,3)34-23(19)32)13-29(14)22(31)20-17(25)5-4-6-18(20)30-27-11-12-28-30/h4-6,9-12,14-15H,7-8,13H2,1-3H3/t14-,15?/m1/s1. The number of piperidine rings is 1. The van der Waals surface area contributed by atoms with Gasteiger partial charge in [-0.1, -0.05) is 6.07 Å².